The number of nitrogens with zero attached hydrogens (tertiary/aromatic N) is 3. The lowest BCUT2D eigenvalue weighted by molar-refractivity contribution is 0.0953. The molecular weight excluding hydrogens is 272 g/mol. The average Bonchev–Trinajstić information content (AvgIpc) is 2.50. The fourth-order valence-electron chi connectivity index (χ4n) is 1.97. The van der Waals surface area contributed by atoms with Crippen molar-refractivity contribution in [3.63, 3.8) is 0 Å². The molecule has 5 nitrogen and oxygen atoms in total. The Kier molecular flexibility index (Phi) is 3.83. The normalized spacial score (nSPS) is 18.5. The minimum atomic E-state index is -0.0520. The zero-order valence-corrected chi connectivity index (χ0v) is 11.7. The number of amides is 1. The number of carbonyl (C=O) groups excluding carboxylic acids is 1. The maximum atomic E-state index is 12.0. The highest BCUT2D eigenvalue weighted by molar-refractivity contribution is 7.71. The van der Waals surface area contributed by atoms with Gasteiger partial charge in [-0.15, -0.1) is 0 Å². The summed E-state index contributed by atoms with van der Waals surface area (Å²) in [5.74, 6) is 0.442. The van der Waals surface area contributed by atoms with Gasteiger partial charge in [0.2, 0.25) is 0 Å². The van der Waals surface area contributed by atoms with E-state index in [-0.39, 0.29) is 5.91 Å². The summed E-state index contributed by atoms with van der Waals surface area (Å²) in [6.07, 6.45) is 3.36. The highest BCUT2D eigenvalue weighted by Gasteiger charge is 2.08. The highest BCUT2D eigenvalue weighted by Crippen LogP contribution is 2.12. The molecule has 0 spiro atoms. The highest BCUT2D eigenvalue weighted by atomic mass is 32.1. The van der Waals surface area contributed by atoms with Crippen LogP contribution in [0.3, 0.4) is 0 Å². The lowest BCUT2D eigenvalue weighted by Gasteiger charge is -2.06. The van der Waals surface area contributed by atoms with Gasteiger partial charge in [0.25, 0.3) is 11.9 Å². The fraction of sp³-hybridized carbons (Fsp3) is 0.214. The summed E-state index contributed by atoms with van der Waals surface area (Å²) >= 11 is 0.865. The van der Waals surface area contributed by atoms with Crippen LogP contribution in [0.5, 0.6) is 0 Å². The molecule has 1 amide bonds. The fourth-order valence-corrected chi connectivity index (χ4v) is 2.55. The van der Waals surface area contributed by atoms with Crippen LogP contribution < -0.4 is 5.32 Å². The minimum Gasteiger partial charge on any atom is -0.352 e. The van der Waals surface area contributed by atoms with Crippen LogP contribution in [0.1, 0.15) is 28.8 Å². The van der Waals surface area contributed by atoms with E-state index in [0.29, 0.717) is 18.1 Å². The summed E-state index contributed by atoms with van der Waals surface area (Å²) < 4.78 is 4.22. The molecule has 4 bridgehead atoms. The van der Waals surface area contributed by atoms with Gasteiger partial charge in [-0.3, -0.25) is 4.79 Å². The molecule has 0 saturated carbocycles. The number of hydrogen-bond donors (Lipinski definition) is 2. The summed E-state index contributed by atoms with van der Waals surface area (Å²) in [7, 11) is 0. The molecule has 1 aromatic carbocycles. The molecule has 2 aliphatic rings. The Morgan fingerprint density at radius 1 is 1.30 bits per heavy atom. The van der Waals surface area contributed by atoms with Crippen molar-refractivity contribution in [1.82, 2.24) is 5.32 Å². The molecule has 20 heavy (non-hydrogen) atoms. The smallest absolute Gasteiger partial charge is 0.255 e. The quantitative estimate of drug-likeness (QED) is 0.702. The number of fused-ring (bicyclic) bond motifs is 3. The number of aliphatic imine (C=N–C) groups is 2. The first-order chi connectivity index (χ1) is 9.81. The number of nitrogens with one attached hydrogen (secondary N) is 1. The van der Waals surface area contributed by atoms with Crippen LogP contribution in [0.25, 0.3) is 0 Å². The molecule has 0 saturated heterocycles. The lowest BCUT2D eigenvalue weighted by atomic mass is 10.1. The van der Waals surface area contributed by atoms with Gasteiger partial charge in [0, 0.05) is 23.7 Å². The second-order valence-electron chi connectivity index (χ2n) is 4.49. The van der Waals surface area contributed by atoms with Gasteiger partial charge in [-0.05, 0) is 30.5 Å². The van der Waals surface area contributed by atoms with Crippen molar-refractivity contribution in [1.29, 1.82) is 0 Å². The Balaban J connectivity index is 1.96. The van der Waals surface area contributed by atoms with Crippen LogP contribution in [0.15, 0.2) is 49.7 Å². The van der Waals surface area contributed by atoms with E-state index in [2.05, 4.69) is 19.7 Å². The first-order valence-corrected chi connectivity index (χ1v) is 7.34. The Bertz CT molecular complexity index is 661. The average molecular weight is 286 g/mol. The Hall–Kier alpha value is -2.08. The summed E-state index contributed by atoms with van der Waals surface area (Å²) in [6.45, 7) is 0.639. The largest absolute Gasteiger partial charge is 0.352 e. The third-order valence-electron chi connectivity index (χ3n) is 2.97. The van der Waals surface area contributed by atoms with Gasteiger partial charge in [0.05, 0.1) is 5.70 Å². The number of carbonyl (C=O) groups is 1. The third-order valence-corrected chi connectivity index (χ3v) is 3.68. The predicted molar refractivity (Wildman–Crippen MR) is 82.3 cm³/mol. The summed E-state index contributed by atoms with van der Waals surface area (Å²) in [5, 5.41) is 4.89. The molecule has 0 atom stereocenters. The van der Waals surface area contributed by atoms with Crippen molar-refractivity contribution >= 4 is 29.6 Å². The Morgan fingerprint density at radius 3 is 3.20 bits per heavy atom. The van der Waals surface area contributed by atoms with E-state index in [9.17, 15) is 4.79 Å². The van der Waals surface area contributed by atoms with E-state index in [1.807, 2.05) is 23.6 Å². The number of allylic oxidation sites excluding steroid dienone is 1. The second-order valence-corrected chi connectivity index (χ2v) is 5.18. The molecule has 2 heterocycles. The predicted octanol–water partition coefficient (Wildman–Crippen LogP) is 1.84. The van der Waals surface area contributed by atoms with Gasteiger partial charge in [-0.2, -0.15) is 4.36 Å². The van der Waals surface area contributed by atoms with E-state index < -0.39 is 0 Å². The third kappa shape index (κ3) is 3.08. The molecule has 0 radical (unpaired) electrons. The molecule has 1 aromatic rings. The van der Waals surface area contributed by atoms with Gasteiger partial charge >= 0.3 is 0 Å². The monoisotopic (exact) mass is 286 g/mol. The van der Waals surface area contributed by atoms with Gasteiger partial charge in [0.1, 0.15) is 0 Å². The van der Waals surface area contributed by atoms with Crippen molar-refractivity contribution < 1.29 is 4.79 Å². The Morgan fingerprint density at radius 2 is 2.25 bits per heavy atom. The van der Waals surface area contributed by atoms with E-state index >= 15 is 0 Å². The molecule has 0 unspecified atom stereocenters. The van der Waals surface area contributed by atoms with Crippen LogP contribution in [0.2, 0.25) is 0 Å². The maximum Gasteiger partial charge on any atom is 0.255 e. The van der Waals surface area contributed by atoms with Crippen LogP contribution in [-0.2, 0) is 11.6 Å². The maximum absolute atomic E-state index is 12.0. The van der Waals surface area contributed by atoms with Crippen molar-refractivity contribution in [2.24, 2.45) is 14.3 Å². The van der Waals surface area contributed by atoms with E-state index in [1.54, 1.807) is 12.3 Å². The molecule has 102 valence electrons. The molecular formula is C14H14N4OS. The lowest BCUT2D eigenvalue weighted by Crippen LogP contribution is -2.24. The number of benzene rings is 1. The van der Waals surface area contributed by atoms with Crippen LogP contribution in [-0.4, -0.2) is 24.6 Å². The second kappa shape index (κ2) is 5.92. The van der Waals surface area contributed by atoms with Crippen LogP contribution in [0, 0.1) is 0 Å². The standard InChI is InChI=1S/C14H14N4OS/c19-13-11-4-1-3-10(7-11)8-16-14-17-12(9-20-18-14)5-2-6-15-13/h1,3-4,7-9,20H,2,5-6H2,(H,15,19). The summed E-state index contributed by atoms with van der Waals surface area (Å²) in [4.78, 5) is 20.7. The Labute approximate surface area is 120 Å². The molecule has 0 fully saturated rings. The number of thiol groups is 1. The van der Waals surface area contributed by atoms with E-state index in [4.69, 9.17) is 0 Å². The van der Waals surface area contributed by atoms with E-state index in [0.717, 1.165) is 35.7 Å². The van der Waals surface area contributed by atoms with E-state index in [1.165, 1.54) is 0 Å². The molecule has 2 aliphatic heterocycles. The van der Waals surface area contributed by atoms with Gasteiger partial charge in [0.15, 0.2) is 0 Å². The van der Waals surface area contributed by atoms with Gasteiger partial charge in [-0.1, -0.05) is 23.7 Å². The summed E-state index contributed by atoms with van der Waals surface area (Å²) in [5.41, 5.74) is 2.49. The number of rotatable bonds is 0. The molecule has 0 aliphatic carbocycles. The summed E-state index contributed by atoms with van der Waals surface area (Å²) in [6, 6.07) is 7.36. The zero-order chi connectivity index (χ0) is 13.8. The first-order valence-electron chi connectivity index (χ1n) is 6.42. The van der Waals surface area contributed by atoms with Crippen molar-refractivity contribution in [2.75, 3.05) is 6.54 Å². The zero-order valence-electron chi connectivity index (χ0n) is 10.8. The van der Waals surface area contributed by atoms with Crippen LogP contribution >= 0.6 is 0 Å². The van der Waals surface area contributed by atoms with Crippen LogP contribution in [0.4, 0.5) is 0 Å². The molecule has 3 rings (SSSR count). The molecule has 6 heteroatoms. The SMILES string of the molecule is O=C1NCCCC2=C[SH]=NC(=N2)N=Cc2cccc1c2. The molecule has 0 aromatic heterocycles. The van der Waals surface area contributed by atoms with Crippen molar-refractivity contribution in [3.05, 3.63) is 46.5 Å². The van der Waals surface area contributed by atoms with Gasteiger partial charge < -0.3 is 5.32 Å². The molecule has 1 N–H and O–H groups in total. The van der Waals surface area contributed by atoms with Gasteiger partial charge in [-0.25, -0.2) is 9.98 Å². The van der Waals surface area contributed by atoms with Crippen molar-refractivity contribution in [2.45, 2.75) is 12.8 Å². The first kappa shape index (κ1) is 12.9. The topological polar surface area (TPSA) is 66.2 Å². The number of guanidine groups is 1. The minimum absolute atomic E-state index is 0.0520. The number of hydrogen-bond acceptors (Lipinski definition) is 4. The van der Waals surface area contributed by atoms with Crippen molar-refractivity contribution in [3.8, 4) is 0 Å².